The summed E-state index contributed by atoms with van der Waals surface area (Å²) in [5.41, 5.74) is 2.23. The van der Waals surface area contributed by atoms with Gasteiger partial charge in [-0.15, -0.1) is 0 Å². The first-order chi connectivity index (χ1) is 12.6. The SMILES string of the molecule is CCC(Sc1nc2c(c(=O)[nH]1)CCCC2)C(=O)Nc1ccccc1OC. The first-order valence-electron chi connectivity index (χ1n) is 8.85. The van der Waals surface area contributed by atoms with Crippen LogP contribution in [0.1, 0.15) is 37.4 Å². The second kappa shape index (κ2) is 8.40. The first-order valence-corrected chi connectivity index (χ1v) is 9.73. The zero-order chi connectivity index (χ0) is 18.5. The summed E-state index contributed by atoms with van der Waals surface area (Å²) in [6.07, 6.45) is 4.32. The van der Waals surface area contributed by atoms with Crippen molar-refractivity contribution in [1.29, 1.82) is 0 Å². The summed E-state index contributed by atoms with van der Waals surface area (Å²) >= 11 is 1.30. The van der Waals surface area contributed by atoms with Crippen LogP contribution < -0.4 is 15.6 Å². The highest BCUT2D eigenvalue weighted by molar-refractivity contribution is 8.00. The molecule has 1 aliphatic rings. The molecule has 3 rings (SSSR count). The van der Waals surface area contributed by atoms with Crippen molar-refractivity contribution in [3.63, 3.8) is 0 Å². The highest BCUT2D eigenvalue weighted by Gasteiger charge is 2.22. The normalized spacial score (nSPS) is 14.4. The maximum absolute atomic E-state index is 12.7. The van der Waals surface area contributed by atoms with E-state index in [4.69, 9.17) is 4.74 Å². The Morgan fingerprint density at radius 2 is 2.12 bits per heavy atom. The number of rotatable bonds is 6. The van der Waals surface area contributed by atoms with Crippen molar-refractivity contribution in [2.24, 2.45) is 0 Å². The minimum atomic E-state index is -0.357. The molecule has 7 heteroatoms. The van der Waals surface area contributed by atoms with Gasteiger partial charge in [-0.3, -0.25) is 9.59 Å². The number of amides is 1. The minimum absolute atomic E-state index is 0.0720. The number of anilines is 1. The van der Waals surface area contributed by atoms with Gasteiger partial charge in [-0.05, 0) is 44.2 Å². The number of carbonyl (C=O) groups is 1. The predicted molar refractivity (Wildman–Crippen MR) is 103 cm³/mol. The third-order valence-corrected chi connectivity index (χ3v) is 5.70. The summed E-state index contributed by atoms with van der Waals surface area (Å²) in [5.74, 6) is 0.475. The molecule has 1 unspecified atom stereocenters. The Kier molecular flexibility index (Phi) is 5.98. The fraction of sp³-hybridized carbons (Fsp3) is 0.421. The number of thioether (sulfide) groups is 1. The third-order valence-electron chi connectivity index (χ3n) is 4.45. The molecule has 138 valence electrons. The number of nitrogens with zero attached hydrogens (tertiary/aromatic N) is 1. The Morgan fingerprint density at radius 3 is 2.88 bits per heavy atom. The summed E-state index contributed by atoms with van der Waals surface area (Å²) in [6, 6.07) is 7.29. The molecule has 6 nitrogen and oxygen atoms in total. The second-order valence-corrected chi connectivity index (χ2v) is 7.40. The molecule has 0 saturated carbocycles. The molecule has 1 amide bonds. The van der Waals surface area contributed by atoms with Gasteiger partial charge in [0.1, 0.15) is 5.75 Å². The number of hydrogen-bond acceptors (Lipinski definition) is 5. The number of fused-ring (bicyclic) bond motifs is 1. The fourth-order valence-corrected chi connectivity index (χ4v) is 3.97. The van der Waals surface area contributed by atoms with Crippen molar-refractivity contribution in [3.8, 4) is 5.75 Å². The van der Waals surface area contributed by atoms with Crippen molar-refractivity contribution in [2.45, 2.75) is 49.4 Å². The van der Waals surface area contributed by atoms with E-state index in [9.17, 15) is 9.59 Å². The summed E-state index contributed by atoms with van der Waals surface area (Å²) in [4.78, 5) is 32.4. The van der Waals surface area contributed by atoms with Crippen LogP contribution in [-0.2, 0) is 17.6 Å². The quantitative estimate of drug-likeness (QED) is 0.600. The number of hydrogen-bond donors (Lipinski definition) is 2. The molecule has 1 atom stereocenters. The van der Waals surface area contributed by atoms with Crippen LogP contribution in [0, 0.1) is 0 Å². The standard InChI is InChI=1S/C19H23N3O3S/c1-3-16(18(24)20-14-10-6-7-11-15(14)25-2)26-19-21-13-9-5-4-8-12(13)17(23)22-19/h6-7,10-11,16H,3-5,8-9H2,1-2H3,(H,20,24)(H,21,22,23). The van der Waals surface area contributed by atoms with Gasteiger partial charge in [-0.25, -0.2) is 4.98 Å². The summed E-state index contributed by atoms with van der Waals surface area (Å²) in [7, 11) is 1.57. The zero-order valence-corrected chi connectivity index (χ0v) is 15.8. The Hall–Kier alpha value is -2.28. The lowest BCUT2D eigenvalue weighted by molar-refractivity contribution is -0.115. The van der Waals surface area contributed by atoms with Crippen molar-refractivity contribution in [2.75, 3.05) is 12.4 Å². The monoisotopic (exact) mass is 373 g/mol. The van der Waals surface area contributed by atoms with Gasteiger partial charge < -0.3 is 15.0 Å². The smallest absolute Gasteiger partial charge is 0.254 e. The molecule has 0 spiro atoms. The number of nitrogens with one attached hydrogen (secondary N) is 2. The van der Waals surface area contributed by atoms with Crippen molar-refractivity contribution in [3.05, 3.63) is 45.9 Å². The lowest BCUT2D eigenvalue weighted by atomic mass is 9.97. The van der Waals surface area contributed by atoms with Gasteiger partial charge in [0.2, 0.25) is 5.91 Å². The largest absolute Gasteiger partial charge is 0.495 e. The van der Waals surface area contributed by atoms with Crippen LogP contribution in [0.25, 0.3) is 0 Å². The first kappa shape index (κ1) is 18.5. The van der Waals surface area contributed by atoms with Gasteiger partial charge in [0, 0.05) is 5.56 Å². The Labute approximate surface area is 156 Å². The number of aryl methyl sites for hydroxylation is 1. The Morgan fingerprint density at radius 1 is 1.35 bits per heavy atom. The van der Waals surface area contributed by atoms with Gasteiger partial charge in [0.05, 0.1) is 23.7 Å². The van der Waals surface area contributed by atoms with Gasteiger partial charge in [-0.1, -0.05) is 30.8 Å². The molecule has 2 aromatic rings. The molecule has 0 aliphatic heterocycles. The van der Waals surface area contributed by atoms with Crippen LogP contribution in [0.2, 0.25) is 0 Å². The second-order valence-electron chi connectivity index (χ2n) is 6.21. The molecule has 0 fully saturated rings. The van der Waals surface area contributed by atoms with E-state index in [2.05, 4.69) is 15.3 Å². The number of aromatic amines is 1. The fourth-order valence-electron chi connectivity index (χ4n) is 3.05. The summed E-state index contributed by atoms with van der Waals surface area (Å²) in [5, 5.41) is 3.06. The highest BCUT2D eigenvalue weighted by atomic mass is 32.2. The summed E-state index contributed by atoms with van der Waals surface area (Å²) < 4.78 is 5.27. The molecule has 26 heavy (non-hydrogen) atoms. The Balaban J connectivity index is 1.76. The number of benzene rings is 1. The third kappa shape index (κ3) is 4.09. The maximum Gasteiger partial charge on any atom is 0.254 e. The van der Waals surface area contributed by atoms with E-state index in [1.807, 2.05) is 19.1 Å². The predicted octanol–water partition coefficient (Wildman–Crippen LogP) is 3.17. The van der Waals surface area contributed by atoms with Crippen LogP contribution >= 0.6 is 11.8 Å². The number of methoxy groups -OCH3 is 1. The molecular weight excluding hydrogens is 350 g/mol. The highest BCUT2D eigenvalue weighted by Crippen LogP contribution is 2.28. The van der Waals surface area contributed by atoms with Crippen LogP contribution in [0.5, 0.6) is 5.75 Å². The van der Waals surface area contributed by atoms with E-state index in [0.717, 1.165) is 36.9 Å². The maximum atomic E-state index is 12.7. The van der Waals surface area contributed by atoms with E-state index in [0.29, 0.717) is 23.0 Å². The van der Waals surface area contributed by atoms with E-state index < -0.39 is 0 Å². The number of H-pyrrole nitrogens is 1. The van der Waals surface area contributed by atoms with Crippen molar-refractivity contribution >= 4 is 23.4 Å². The van der Waals surface area contributed by atoms with Crippen LogP contribution in [0.3, 0.4) is 0 Å². The van der Waals surface area contributed by atoms with E-state index in [1.54, 1.807) is 19.2 Å². The van der Waals surface area contributed by atoms with Gasteiger partial charge >= 0.3 is 0 Å². The van der Waals surface area contributed by atoms with Crippen LogP contribution in [0.15, 0.2) is 34.2 Å². The van der Waals surface area contributed by atoms with Gasteiger partial charge in [0.15, 0.2) is 5.16 Å². The number of para-hydroxylation sites is 2. The van der Waals surface area contributed by atoms with Gasteiger partial charge in [0.25, 0.3) is 5.56 Å². The van der Waals surface area contributed by atoms with Crippen molar-refractivity contribution < 1.29 is 9.53 Å². The average Bonchev–Trinajstić information content (AvgIpc) is 2.66. The Bertz CT molecular complexity index is 850. The number of carbonyl (C=O) groups excluding carboxylic acids is 1. The lowest BCUT2D eigenvalue weighted by Crippen LogP contribution is -2.26. The molecule has 2 N–H and O–H groups in total. The number of ether oxygens (including phenoxy) is 1. The molecule has 0 saturated heterocycles. The van der Waals surface area contributed by atoms with Crippen molar-refractivity contribution in [1.82, 2.24) is 9.97 Å². The average molecular weight is 373 g/mol. The zero-order valence-electron chi connectivity index (χ0n) is 15.0. The lowest BCUT2D eigenvalue weighted by Gasteiger charge is -2.18. The molecular formula is C19H23N3O3S. The van der Waals surface area contributed by atoms with E-state index in [1.165, 1.54) is 11.8 Å². The minimum Gasteiger partial charge on any atom is -0.495 e. The topological polar surface area (TPSA) is 84.1 Å². The van der Waals surface area contributed by atoms with Crippen LogP contribution in [0.4, 0.5) is 5.69 Å². The molecule has 1 aliphatic carbocycles. The molecule has 1 aromatic heterocycles. The van der Waals surface area contributed by atoms with E-state index >= 15 is 0 Å². The molecule has 1 aromatic carbocycles. The number of aromatic nitrogens is 2. The summed E-state index contributed by atoms with van der Waals surface area (Å²) in [6.45, 7) is 1.94. The van der Waals surface area contributed by atoms with Crippen LogP contribution in [-0.4, -0.2) is 28.2 Å². The van der Waals surface area contributed by atoms with Gasteiger partial charge in [-0.2, -0.15) is 0 Å². The molecule has 0 radical (unpaired) electrons. The molecule has 0 bridgehead atoms. The van der Waals surface area contributed by atoms with E-state index in [-0.39, 0.29) is 16.7 Å². The molecule has 1 heterocycles.